The maximum atomic E-state index is 12.9. The summed E-state index contributed by atoms with van der Waals surface area (Å²) < 4.78 is 18.6. The standard InChI is InChI=1S/C21H21FO4/c1-13-11-15(5-10-18(23)16-6-8-17(22)9-7-16)12-14(2)19(13)26-21(3,4)20(24)25/h5-12H,1-4H3,(H,24,25). The number of halogens is 1. The van der Waals surface area contributed by atoms with Gasteiger partial charge in [0.2, 0.25) is 0 Å². The van der Waals surface area contributed by atoms with E-state index in [0.29, 0.717) is 11.3 Å². The molecule has 0 aromatic heterocycles. The number of rotatable bonds is 6. The number of aryl methyl sites for hydroxylation is 2. The van der Waals surface area contributed by atoms with Gasteiger partial charge in [-0.05, 0) is 86.9 Å². The molecule has 0 bridgehead atoms. The minimum Gasteiger partial charge on any atom is -0.478 e. The predicted octanol–water partition coefficient (Wildman–Crippen LogP) is 4.58. The molecule has 0 spiro atoms. The predicted molar refractivity (Wildman–Crippen MR) is 98.0 cm³/mol. The third-order valence-corrected chi connectivity index (χ3v) is 3.91. The highest BCUT2D eigenvalue weighted by Gasteiger charge is 2.30. The lowest BCUT2D eigenvalue weighted by molar-refractivity contribution is -0.152. The molecule has 5 heteroatoms. The Kier molecular flexibility index (Phi) is 5.60. The van der Waals surface area contributed by atoms with Crippen LogP contribution in [0.5, 0.6) is 5.75 Å². The Balaban J connectivity index is 2.23. The number of ether oxygens (including phenoxy) is 1. The second-order valence-corrected chi connectivity index (χ2v) is 6.61. The first-order valence-corrected chi connectivity index (χ1v) is 8.12. The Morgan fingerprint density at radius 1 is 1.08 bits per heavy atom. The number of hydrogen-bond acceptors (Lipinski definition) is 3. The lowest BCUT2D eigenvalue weighted by atomic mass is 10.0. The first-order valence-electron chi connectivity index (χ1n) is 8.12. The zero-order chi connectivity index (χ0) is 19.5. The van der Waals surface area contributed by atoms with Crippen molar-refractivity contribution in [3.05, 3.63) is 70.5 Å². The van der Waals surface area contributed by atoms with Crippen molar-refractivity contribution >= 4 is 17.8 Å². The van der Waals surface area contributed by atoms with E-state index < -0.39 is 17.4 Å². The molecule has 1 N–H and O–H groups in total. The third kappa shape index (κ3) is 4.57. The number of carbonyl (C=O) groups is 2. The summed E-state index contributed by atoms with van der Waals surface area (Å²) in [5, 5.41) is 9.21. The molecule has 2 rings (SSSR count). The molecular weight excluding hydrogens is 335 g/mol. The van der Waals surface area contributed by atoms with Crippen molar-refractivity contribution in [3.8, 4) is 5.75 Å². The molecule has 2 aromatic rings. The number of carboxylic acids is 1. The summed E-state index contributed by atoms with van der Waals surface area (Å²) in [6, 6.07) is 8.98. The highest BCUT2D eigenvalue weighted by Crippen LogP contribution is 2.29. The summed E-state index contributed by atoms with van der Waals surface area (Å²) in [6.45, 7) is 6.62. The van der Waals surface area contributed by atoms with Crippen LogP contribution in [0.1, 0.15) is 40.9 Å². The molecule has 0 atom stereocenters. The van der Waals surface area contributed by atoms with Crippen LogP contribution in [0, 0.1) is 19.7 Å². The van der Waals surface area contributed by atoms with E-state index in [4.69, 9.17) is 4.74 Å². The van der Waals surface area contributed by atoms with E-state index in [9.17, 15) is 19.1 Å². The van der Waals surface area contributed by atoms with Crippen molar-refractivity contribution in [2.75, 3.05) is 0 Å². The van der Waals surface area contributed by atoms with Gasteiger partial charge in [-0.15, -0.1) is 0 Å². The van der Waals surface area contributed by atoms with Crippen molar-refractivity contribution in [1.82, 2.24) is 0 Å². The fourth-order valence-corrected chi connectivity index (χ4v) is 2.42. The Bertz CT molecular complexity index is 841. The van der Waals surface area contributed by atoms with Crippen LogP contribution in [-0.4, -0.2) is 22.5 Å². The van der Waals surface area contributed by atoms with Crippen LogP contribution in [0.4, 0.5) is 4.39 Å². The Hall–Kier alpha value is -2.95. The molecule has 0 saturated heterocycles. The summed E-state index contributed by atoms with van der Waals surface area (Å²) in [5.74, 6) is -1.16. The second-order valence-electron chi connectivity index (χ2n) is 6.61. The van der Waals surface area contributed by atoms with Crippen molar-refractivity contribution in [3.63, 3.8) is 0 Å². The Labute approximate surface area is 151 Å². The van der Waals surface area contributed by atoms with Gasteiger partial charge in [0.15, 0.2) is 11.4 Å². The third-order valence-electron chi connectivity index (χ3n) is 3.91. The topological polar surface area (TPSA) is 63.6 Å². The summed E-state index contributed by atoms with van der Waals surface area (Å²) in [6.07, 6.45) is 3.08. The average molecular weight is 356 g/mol. The number of ketones is 1. The maximum absolute atomic E-state index is 12.9. The number of aliphatic carboxylic acids is 1. The molecular formula is C21H21FO4. The summed E-state index contributed by atoms with van der Waals surface area (Å²) in [7, 11) is 0. The quantitative estimate of drug-likeness (QED) is 0.608. The molecule has 0 amide bonds. The summed E-state index contributed by atoms with van der Waals surface area (Å²) in [4.78, 5) is 23.4. The second kappa shape index (κ2) is 7.52. The monoisotopic (exact) mass is 356 g/mol. The van der Waals surface area contributed by atoms with Gasteiger partial charge < -0.3 is 9.84 Å². The fraction of sp³-hybridized carbons (Fsp3) is 0.238. The first-order chi connectivity index (χ1) is 12.1. The van der Waals surface area contributed by atoms with Gasteiger partial charge in [0.05, 0.1) is 0 Å². The Morgan fingerprint density at radius 2 is 1.62 bits per heavy atom. The molecule has 136 valence electrons. The van der Waals surface area contributed by atoms with Crippen molar-refractivity contribution in [1.29, 1.82) is 0 Å². The number of carboxylic acid groups (broad SMARTS) is 1. The van der Waals surface area contributed by atoms with Crippen LogP contribution >= 0.6 is 0 Å². The number of carbonyl (C=O) groups excluding carboxylic acids is 1. The SMILES string of the molecule is Cc1cc(C=CC(=O)c2ccc(F)cc2)cc(C)c1OC(C)(C)C(=O)O. The average Bonchev–Trinajstić information content (AvgIpc) is 2.56. The molecule has 0 aliphatic rings. The van der Waals surface area contributed by atoms with E-state index in [1.54, 1.807) is 6.08 Å². The van der Waals surface area contributed by atoms with Crippen LogP contribution < -0.4 is 4.74 Å². The summed E-state index contributed by atoms with van der Waals surface area (Å²) >= 11 is 0. The largest absolute Gasteiger partial charge is 0.478 e. The van der Waals surface area contributed by atoms with Crippen LogP contribution in [0.25, 0.3) is 6.08 Å². The van der Waals surface area contributed by atoms with Crippen molar-refractivity contribution in [2.45, 2.75) is 33.3 Å². The highest BCUT2D eigenvalue weighted by molar-refractivity contribution is 6.06. The molecule has 0 radical (unpaired) electrons. The van der Waals surface area contributed by atoms with Crippen LogP contribution in [-0.2, 0) is 4.79 Å². The van der Waals surface area contributed by atoms with Gasteiger partial charge >= 0.3 is 5.97 Å². The molecule has 0 unspecified atom stereocenters. The van der Waals surface area contributed by atoms with Gasteiger partial charge in [-0.2, -0.15) is 0 Å². The molecule has 0 heterocycles. The molecule has 0 saturated carbocycles. The van der Waals surface area contributed by atoms with Crippen LogP contribution in [0.15, 0.2) is 42.5 Å². The van der Waals surface area contributed by atoms with E-state index in [0.717, 1.165) is 16.7 Å². The van der Waals surface area contributed by atoms with E-state index in [2.05, 4.69) is 0 Å². The smallest absolute Gasteiger partial charge is 0.347 e. The van der Waals surface area contributed by atoms with Crippen molar-refractivity contribution < 1.29 is 23.8 Å². The normalized spacial score (nSPS) is 11.6. The maximum Gasteiger partial charge on any atom is 0.347 e. The lowest BCUT2D eigenvalue weighted by Gasteiger charge is -2.24. The van der Waals surface area contributed by atoms with E-state index >= 15 is 0 Å². The number of hydrogen-bond donors (Lipinski definition) is 1. The van der Waals surface area contributed by atoms with E-state index in [1.807, 2.05) is 26.0 Å². The molecule has 4 nitrogen and oxygen atoms in total. The zero-order valence-electron chi connectivity index (χ0n) is 15.2. The molecule has 2 aromatic carbocycles. The molecule has 0 fully saturated rings. The molecule has 0 aliphatic carbocycles. The van der Waals surface area contributed by atoms with E-state index in [-0.39, 0.29) is 5.78 Å². The van der Waals surface area contributed by atoms with Gasteiger partial charge in [0, 0.05) is 5.56 Å². The van der Waals surface area contributed by atoms with Crippen LogP contribution in [0.3, 0.4) is 0 Å². The minimum atomic E-state index is -1.34. The van der Waals surface area contributed by atoms with E-state index in [1.165, 1.54) is 44.2 Å². The molecule has 26 heavy (non-hydrogen) atoms. The fourth-order valence-electron chi connectivity index (χ4n) is 2.42. The van der Waals surface area contributed by atoms with Crippen molar-refractivity contribution in [2.24, 2.45) is 0 Å². The van der Waals surface area contributed by atoms with Crippen LogP contribution in [0.2, 0.25) is 0 Å². The van der Waals surface area contributed by atoms with Gasteiger partial charge in [-0.3, -0.25) is 4.79 Å². The van der Waals surface area contributed by atoms with Gasteiger partial charge in [-0.1, -0.05) is 6.08 Å². The van der Waals surface area contributed by atoms with Gasteiger partial charge in [0.1, 0.15) is 11.6 Å². The van der Waals surface area contributed by atoms with Gasteiger partial charge in [-0.25, -0.2) is 9.18 Å². The highest BCUT2D eigenvalue weighted by atomic mass is 19.1. The lowest BCUT2D eigenvalue weighted by Crippen LogP contribution is -2.38. The Morgan fingerprint density at radius 3 is 2.12 bits per heavy atom. The number of allylic oxidation sites excluding steroid dienone is 1. The summed E-state index contributed by atoms with van der Waals surface area (Å²) in [5.41, 5.74) is 1.39. The number of benzene rings is 2. The zero-order valence-corrected chi connectivity index (χ0v) is 15.2. The minimum absolute atomic E-state index is 0.229. The van der Waals surface area contributed by atoms with Gasteiger partial charge in [0.25, 0.3) is 0 Å². The molecule has 0 aliphatic heterocycles. The first kappa shape index (κ1) is 19.4.